The van der Waals surface area contributed by atoms with Crippen LogP contribution in [0, 0.1) is 0 Å². The fraction of sp³-hybridized carbons (Fsp3) is 0.273. The Morgan fingerprint density at radius 2 is 1.94 bits per heavy atom. The van der Waals surface area contributed by atoms with Gasteiger partial charge in [0.1, 0.15) is 5.75 Å². The van der Waals surface area contributed by atoms with Crippen molar-refractivity contribution in [1.29, 1.82) is 0 Å². The lowest BCUT2D eigenvalue weighted by atomic mass is 10.2. The summed E-state index contributed by atoms with van der Waals surface area (Å²) in [5.74, 6) is -1.39. The van der Waals surface area contributed by atoms with Crippen molar-refractivity contribution in [2.24, 2.45) is 0 Å². The largest absolute Gasteiger partial charge is 0.481 e. The second-order valence-corrected chi connectivity index (χ2v) is 3.04. The third-order valence-electron chi connectivity index (χ3n) is 1.85. The molecule has 16 heavy (non-hydrogen) atoms. The first-order valence-corrected chi connectivity index (χ1v) is 4.65. The van der Waals surface area contributed by atoms with Gasteiger partial charge in [-0.25, -0.2) is 4.79 Å². The number of benzene rings is 1. The van der Waals surface area contributed by atoms with Crippen LogP contribution < -0.4 is 4.74 Å². The normalized spacial score (nSPS) is 11.6. The Labute approximate surface area is 92.6 Å². The maximum absolute atomic E-state index is 11.2. The number of aliphatic carboxylic acids is 1. The van der Waals surface area contributed by atoms with Gasteiger partial charge in [-0.1, -0.05) is 18.2 Å². The number of carboxylic acid groups (broad SMARTS) is 1. The predicted octanol–water partition coefficient (Wildman–Crippen LogP) is 1.08. The molecule has 1 unspecified atom stereocenters. The zero-order valence-corrected chi connectivity index (χ0v) is 8.75. The van der Waals surface area contributed by atoms with E-state index in [2.05, 4.69) is 4.74 Å². The summed E-state index contributed by atoms with van der Waals surface area (Å²) in [5.41, 5.74) is 0. The van der Waals surface area contributed by atoms with Crippen LogP contribution in [0.15, 0.2) is 30.3 Å². The summed E-state index contributed by atoms with van der Waals surface area (Å²) >= 11 is 0. The minimum absolute atomic E-state index is 0.429. The molecule has 0 saturated carbocycles. The first kappa shape index (κ1) is 12.0. The van der Waals surface area contributed by atoms with E-state index in [9.17, 15) is 9.59 Å². The number of ether oxygens (including phenoxy) is 2. The van der Waals surface area contributed by atoms with E-state index in [0.29, 0.717) is 5.75 Å². The minimum atomic E-state index is -1.12. The van der Waals surface area contributed by atoms with Crippen molar-refractivity contribution in [3.8, 4) is 5.75 Å². The quantitative estimate of drug-likeness (QED) is 0.757. The fourth-order valence-electron chi connectivity index (χ4n) is 1.13. The number of hydrogen-bond acceptors (Lipinski definition) is 4. The number of carbonyl (C=O) groups excluding carboxylic acids is 1. The number of esters is 1. The van der Waals surface area contributed by atoms with Gasteiger partial charge >= 0.3 is 11.9 Å². The predicted molar refractivity (Wildman–Crippen MR) is 55.1 cm³/mol. The average molecular weight is 224 g/mol. The van der Waals surface area contributed by atoms with Gasteiger partial charge in [0, 0.05) is 0 Å². The molecule has 0 fully saturated rings. The van der Waals surface area contributed by atoms with E-state index >= 15 is 0 Å². The van der Waals surface area contributed by atoms with Gasteiger partial charge in [0.05, 0.1) is 13.5 Å². The lowest BCUT2D eigenvalue weighted by molar-refractivity contribution is -0.154. The highest BCUT2D eigenvalue weighted by Crippen LogP contribution is 2.13. The topological polar surface area (TPSA) is 72.8 Å². The molecule has 1 aromatic carbocycles. The van der Waals surface area contributed by atoms with E-state index in [1.54, 1.807) is 30.3 Å². The number of carbonyl (C=O) groups is 2. The maximum Gasteiger partial charge on any atom is 0.347 e. The molecule has 0 amide bonds. The molecule has 86 valence electrons. The van der Waals surface area contributed by atoms with Crippen molar-refractivity contribution in [3.63, 3.8) is 0 Å². The van der Waals surface area contributed by atoms with E-state index in [4.69, 9.17) is 9.84 Å². The lowest BCUT2D eigenvalue weighted by Gasteiger charge is -2.14. The number of para-hydroxylation sites is 1. The van der Waals surface area contributed by atoms with Crippen LogP contribution in [0.3, 0.4) is 0 Å². The Morgan fingerprint density at radius 1 is 1.31 bits per heavy atom. The van der Waals surface area contributed by atoms with Gasteiger partial charge in [0.25, 0.3) is 0 Å². The highest BCUT2D eigenvalue weighted by Gasteiger charge is 2.24. The molecule has 0 aliphatic carbocycles. The van der Waals surface area contributed by atoms with Gasteiger partial charge in [0.15, 0.2) is 0 Å². The summed E-state index contributed by atoms with van der Waals surface area (Å²) in [4.78, 5) is 21.8. The number of methoxy groups -OCH3 is 1. The molecule has 1 N–H and O–H groups in total. The SMILES string of the molecule is COC(=O)C(CC(=O)O)Oc1ccccc1. The van der Waals surface area contributed by atoms with Crippen LogP contribution in [0.25, 0.3) is 0 Å². The van der Waals surface area contributed by atoms with Crippen LogP contribution in [0.1, 0.15) is 6.42 Å². The molecule has 0 aliphatic heterocycles. The van der Waals surface area contributed by atoms with Gasteiger partial charge < -0.3 is 14.6 Å². The first-order chi connectivity index (χ1) is 7.63. The van der Waals surface area contributed by atoms with Gasteiger partial charge in [-0.2, -0.15) is 0 Å². The van der Waals surface area contributed by atoms with Crippen LogP contribution >= 0.6 is 0 Å². The zero-order chi connectivity index (χ0) is 12.0. The van der Waals surface area contributed by atoms with Gasteiger partial charge in [-0.05, 0) is 12.1 Å². The standard InChI is InChI=1S/C11H12O5/c1-15-11(14)9(7-10(12)13)16-8-5-3-2-4-6-8/h2-6,9H,7H2,1H3,(H,12,13). The molecular formula is C11H12O5. The number of rotatable bonds is 5. The van der Waals surface area contributed by atoms with E-state index in [0.717, 1.165) is 0 Å². The molecule has 0 spiro atoms. The Hall–Kier alpha value is -2.04. The van der Waals surface area contributed by atoms with Crippen molar-refractivity contribution in [2.45, 2.75) is 12.5 Å². The molecule has 0 radical (unpaired) electrons. The summed E-state index contributed by atoms with van der Waals surface area (Å²) in [7, 11) is 1.19. The molecule has 0 saturated heterocycles. The van der Waals surface area contributed by atoms with Crippen LogP contribution in [-0.2, 0) is 14.3 Å². The number of carboxylic acids is 1. The van der Waals surface area contributed by atoms with Crippen LogP contribution in [0.4, 0.5) is 0 Å². The second kappa shape index (κ2) is 5.75. The third kappa shape index (κ3) is 3.61. The molecular weight excluding hydrogens is 212 g/mol. The molecule has 1 rings (SSSR count). The van der Waals surface area contributed by atoms with Crippen LogP contribution in [-0.4, -0.2) is 30.3 Å². The van der Waals surface area contributed by atoms with Gasteiger partial charge in [-0.15, -0.1) is 0 Å². The molecule has 1 aromatic rings. The summed E-state index contributed by atoms with van der Waals surface area (Å²) in [6, 6.07) is 8.52. The Morgan fingerprint density at radius 3 is 2.44 bits per heavy atom. The summed E-state index contributed by atoms with van der Waals surface area (Å²) in [6.45, 7) is 0. The Kier molecular flexibility index (Phi) is 4.32. The molecule has 0 aromatic heterocycles. The molecule has 5 heteroatoms. The van der Waals surface area contributed by atoms with Crippen molar-refractivity contribution in [2.75, 3.05) is 7.11 Å². The molecule has 0 bridgehead atoms. The monoisotopic (exact) mass is 224 g/mol. The molecule has 5 nitrogen and oxygen atoms in total. The molecule has 1 atom stereocenters. The zero-order valence-electron chi connectivity index (χ0n) is 8.75. The second-order valence-electron chi connectivity index (χ2n) is 3.04. The van der Waals surface area contributed by atoms with Crippen molar-refractivity contribution >= 4 is 11.9 Å². The smallest absolute Gasteiger partial charge is 0.347 e. The first-order valence-electron chi connectivity index (χ1n) is 4.65. The van der Waals surface area contributed by atoms with E-state index < -0.39 is 24.5 Å². The number of hydrogen-bond donors (Lipinski definition) is 1. The van der Waals surface area contributed by atoms with E-state index in [1.165, 1.54) is 7.11 Å². The van der Waals surface area contributed by atoms with Crippen LogP contribution in [0.5, 0.6) is 5.75 Å². The van der Waals surface area contributed by atoms with Crippen LogP contribution in [0.2, 0.25) is 0 Å². The average Bonchev–Trinajstić information content (AvgIpc) is 2.28. The highest BCUT2D eigenvalue weighted by molar-refractivity contribution is 5.81. The highest BCUT2D eigenvalue weighted by atomic mass is 16.6. The van der Waals surface area contributed by atoms with Gasteiger partial charge in [-0.3, -0.25) is 4.79 Å². The molecule has 0 heterocycles. The Bertz CT molecular complexity index is 360. The van der Waals surface area contributed by atoms with Gasteiger partial charge in [0.2, 0.25) is 6.10 Å². The lowest BCUT2D eigenvalue weighted by Crippen LogP contribution is -2.31. The minimum Gasteiger partial charge on any atom is -0.481 e. The summed E-state index contributed by atoms with van der Waals surface area (Å²) in [5, 5.41) is 8.62. The third-order valence-corrected chi connectivity index (χ3v) is 1.85. The maximum atomic E-state index is 11.2. The van der Waals surface area contributed by atoms with E-state index in [-0.39, 0.29) is 0 Å². The van der Waals surface area contributed by atoms with E-state index in [1.807, 2.05) is 0 Å². The summed E-state index contributed by atoms with van der Waals surface area (Å²) in [6.07, 6.45) is -1.55. The van der Waals surface area contributed by atoms with Crippen molar-refractivity contribution in [1.82, 2.24) is 0 Å². The Balaban J connectivity index is 2.70. The van der Waals surface area contributed by atoms with Crippen molar-refractivity contribution < 1.29 is 24.2 Å². The fourth-order valence-corrected chi connectivity index (χ4v) is 1.13. The molecule has 0 aliphatic rings. The summed E-state index contributed by atoms with van der Waals surface area (Å²) < 4.78 is 9.68. The van der Waals surface area contributed by atoms with Crippen molar-refractivity contribution in [3.05, 3.63) is 30.3 Å².